The molecule has 0 fully saturated rings. The average Bonchev–Trinajstić information content (AvgIpc) is 3.71. The van der Waals surface area contributed by atoms with Crippen LogP contribution in [0.4, 0.5) is 34.1 Å². The van der Waals surface area contributed by atoms with Crippen molar-refractivity contribution >= 4 is 46.9 Å². The van der Waals surface area contributed by atoms with Gasteiger partial charge in [-0.3, -0.25) is 0 Å². The average molecular weight is 1050 g/mol. The molecule has 1 unspecified atom stereocenters. The van der Waals surface area contributed by atoms with Crippen molar-refractivity contribution in [1.82, 2.24) is 0 Å². The molecule has 402 valence electrons. The van der Waals surface area contributed by atoms with Crippen LogP contribution in [0.25, 0.3) is 22.3 Å². The van der Waals surface area contributed by atoms with Crippen molar-refractivity contribution < 1.29 is 0 Å². The predicted molar refractivity (Wildman–Crippen MR) is 345 cm³/mol. The van der Waals surface area contributed by atoms with E-state index >= 15 is 0 Å². The Balaban J connectivity index is 1.21. The highest BCUT2D eigenvalue weighted by Crippen LogP contribution is 2.57. The van der Waals surface area contributed by atoms with E-state index in [4.69, 9.17) is 0 Å². The minimum atomic E-state index is -0.255. The van der Waals surface area contributed by atoms with Crippen LogP contribution in [0.5, 0.6) is 0 Å². The van der Waals surface area contributed by atoms with Crippen LogP contribution in [0.3, 0.4) is 0 Å². The molecule has 1 atom stereocenters. The summed E-state index contributed by atoms with van der Waals surface area (Å²) in [5.74, 6) is 0.0284. The fourth-order valence-corrected chi connectivity index (χ4v) is 13.6. The lowest BCUT2D eigenvalue weighted by Gasteiger charge is -2.44. The van der Waals surface area contributed by atoms with Gasteiger partial charge in [0.25, 0.3) is 0 Å². The maximum absolute atomic E-state index is 2.75. The van der Waals surface area contributed by atoms with Gasteiger partial charge < -0.3 is 9.80 Å². The molecule has 0 N–H and O–H groups in total. The highest BCUT2D eigenvalue weighted by atomic mass is 15.2. The van der Waals surface area contributed by atoms with Gasteiger partial charge in [0.05, 0.1) is 5.69 Å². The molecule has 12 rings (SSSR count). The third kappa shape index (κ3) is 9.14. The Morgan fingerprint density at radius 1 is 0.362 bits per heavy atom. The Labute approximate surface area is 480 Å². The van der Waals surface area contributed by atoms with Crippen molar-refractivity contribution in [2.24, 2.45) is 0 Å². The number of nitrogens with zero attached hydrogens (tertiary/aromatic N) is 2. The Morgan fingerprint density at radius 3 is 1.44 bits per heavy atom. The smallest absolute Gasteiger partial charge is 0.176 e. The van der Waals surface area contributed by atoms with E-state index in [1.165, 1.54) is 117 Å². The van der Waals surface area contributed by atoms with Gasteiger partial charge in [0.2, 0.25) is 0 Å². The molecular weight excluding hydrogens is 964 g/mol. The van der Waals surface area contributed by atoms with Gasteiger partial charge in [-0.2, -0.15) is 0 Å². The first-order valence-corrected chi connectivity index (χ1v) is 29.5. The SMILES string of the molecule is CC(C)(C)c1ccc(N2c3cc4c(cc3C3Bc5c(cc(C(C)(C)C)cc52)N(c2ccc(C(C)(C)c5ccccc5)cc2)c2ccc(C(C)(C)c5ccccc5)cc23)C(C)(C)CCC4(C)C)c(-c2cccc(-c3ccccc3)c2)c1. The maximum Gasteiger partial charge on any atom is 0.176 e. The summed E-state index contributed by atoms with van der Waals surface area (Å²) in [6.07, 6.45) is 2.28. The second kappa shape index (κ2) is 19.1. The van der Waals surface area contributed by atoms with E-state index < -0.39 is 0 Å². The maximum atomic E-state index is 2.75. The molecule has 0 radical (unpaired) electrons. The highest BCUT2D eigenvalue weighted by molar-refractivity contribution is 6.61. The molecule has 0 amide bonds. The van der Waals surface area contributed by atoms with Crippen LogP contribution in [-0.2, 0) is 32.5 Å². The summed E-state index contributed by atoms with van der Waals surface area (Å²) in [6, 6.07) is 77.4. The molecule has 2 aliphatic heterocycles. The summed E-state index contributed by atoms with van der Waals surface area (Å²) in [5.41, 5.74) is 26.6. The first-order valence-electron chi connectivity index (χ1n) is 29.5. The van der Waals surface area contributed by atoms with E-state index in [-0.39, 0.29) is 38.3 Å². The lowest BCUT2D eigenvalue weighted by molar-refractivity contribution is 0.331. The Bertz CT molecular complexity index is 3810. The third-order valence-electron chi connectivity index (χ3n) is 19.2. The summed E-state index contributed by atoms with van der Waals surface area (Å²) >= 11 is 0. The normalized spacial score (nSPS) is 16.4. The Kier molecular flexibility index (Phi) is 12.8. The fourth-order valence-electron chi connectivity index (χ4n) is 13.6. The van der Waals surface area contributed by atoms with Crippen LogP contribution in [0.15, 0.2) is 200 Å². The zero-order valence-electron chi connectivity index (χ0n) is 50.1. The van der Waals surface area contributed by atoms with Gasteiger partial charge in [0.15, 0.2) is 7.28 Å². The van der Waals surface area contributed by atoms with Gasteiger partial charge in [-0.1, -0.05) is 243 Å². The quantitative estimate of drug-likeness (QED) is 0.140. The van der Waals surface area contributed by atoms with Crippen molar-refractivity contribution in [3.63, 3.8) is 0 Å². The third-order valence-corrected chi connectivity index (χ3v) is 19.2. The van der Waals surface area contributed by atoms with E-state index in [9.17, 15) is 0 Å². The monoisotopic (exact) mass is 1040 g/mol. The van der Waals surface area contributed by atoms with Gasteiger partial charge >= 0.3 is 0 Å². The molecule has 0 aromatic heterocycles. The van der Waals surface area contributed by atoms with Crippen molar-refractivity contribution in [3.8, 4) is 22.3 Å². The van der Waals surface area contributed by atoms with Gasteiger partial charge in [0, 0.05) is 44.8 Å². The van der Waals surface area contributed by atoms with Crippen molar-refractivity contribution in [1.29, 1.82) is 0 Å². The van der Waals surface area contributed by atoms with E-state index in [1.54, 1.807) is 0 Å². The predicted octanol–water partition coefficient (Wildman–Crippen LogP) is 20.0. The molecule has 9 aromatic rings. The number of anilines is 6. The Morgan fingerprint density at radius 2 is 0.838 bits per heavy atom. The minimum Gasteiger partial charge on any atom is -0.311 e. The zero-order valence-corrected chi connectivity index (χ0v) is 50.1. The molecule has 3 heteroatoms. The van der Waals surface area contributed by atoms with Crippen LogP contribution in [0, 0.1) is 0 Å². The number of benzene rings is 9. The number of hydrogen-bond acceptors (Lipinski definition) is 2. The fraction of sp³-hybridized carbons (Fsp3) is 0.299. The summed E-state index contributed by atoms with van der Waals surface area (Å²) in [4.78, 5) is 5.41. The summed E-state index contributed by atoms with van der Waals surface area (Å²) in [7, 11) is 0.845. The standard InChI is InChI=1S/C77H81BN2/c1-72(2,3)56-35-39-65(60(44-56)52-28-24-27-51(43-52)50-25-18-15-19-26-50)80-67-49-64-63(74(7,8)41-42-75(64,9)10)48-62(67)70-61-45-57(77(13,14)54-31-22-17-23-32-54)36-40-66(61)79(68-46-58(73(4,5)6)47-69(80)71(68)78-70)59-37-33-55(34-38-59)76(11,12)53-29-20-16-21-30-53/h15-40,43-49,70,78H,41-42H2,1-14H3. The second-order valence-electron chi connectivity index (χ2n) is 28.1. The molecule has 80 heavy (non-hydrogen) atoms. The molecule has 0 saturated carbocycles. The van der Waals surface area contributed by atoms with Crippen molar-refractivity contribution in [2.45, 2.75) is 148 Å². The van der Waals surface area contributed by atoms with E-state index in [1.807, 2.05) is 0 Å². The van der Waals surface area contributed by atoms with Crippen LogP contribution in [0.2, 0.25) is 0 Å². The summed E-state index contributed by atoms with van der Waals surface area (Å²) < 4.78 is 0. The zero-order chi connectivity index (χ0) is 56.3. The minimum absolute atomic E-state index is 0.00214. The molecule has 1 aliphatic carbocycles. The number of fused-ring (bicyclic) bond motifs is 6. The van der Waals surface area contributed by atoms with E-state index in [0.717, 1.165) is 20.1 Å². The molecule has 0 spiro atoms. The molecule has 2 nitrogen and oxygen atoms in total. The van der Waals surface area contributed by atoms with Gasteiger partial charge in [-0.15, -0.1) is 0 Å². The van der Waals surface area contributed by atoms with Crippen molar-refractivity contribution in [3.05, 3.63) is 256 Å². The topological polar surface area (TPSA) is 6.48 Å². The molecule has 2 bridgehead atoms. The number of rotatable bonds is 8. The number of hydrogen-bond donors (Lipinski definition) is 0. The highest BCUT2D eigenvalue weighted by Gasteiger charge is 2.44. The Hall–Kier alpha value is -7.36. The van der Waals surface area contributed by atoms with Crippen molar-refractivity contribution in [2.75, 3.05) is 9.80 Å². The second-order valence-corrected chi connectivity index (χ2v) is 28.1. The van der Waals surface area contributed by atoms with Crippen LogP contribution in [0.1, 0.15) is 171 Å². The molecule has 0 saturated heterocycles. The lowest BCUT2D eigenvalue weighted by atomic mass is 9.53. The molecular formula is C77H81BN2. The van der Waals surface area contributed by atoms with Crippen LogP contribution < -0.4 is 15.3 Å². The van der Waals surface area contributed by atoms with Crippen LogP contribution >= 0.6 is 0 Å². The van der Waals surface area contributed by atoms with Crippen LogP contribution in [-0.4, -0.2) is 7.28 Å². The van der Waals surface area contributed by atoms with E-state index in [2.05, 4.69) is 307 Å². The van der Waals surface area contributed by atoms with Gasteiger partial charge in [-0.25, -0.2) is 0 Å². The van der Waals surface area contributed by atoms with Gasteiger partial charge in [-0.05, 0) is 173 Å². The molecule has 9 aromatic carbocycles. The lowest BCUT2D eigenvalue weighted by Crippen LogP contribution is -2.34. The summed E-state index contributed by atoms with van der Waals surface area (Å²) in [6.45, 7) is 33.8. The van der Waals surface area contributed by atoms with Gasteiger partial charge in [0.1, 0.15) is 0 Å². The molecule has 3 aliphatic rings. The largest absolute Gasteiger partial charge is 0.311 e. The summed E-state index contributed by atoms with van der Waals surface area (Å²) in [5, 5.41) is 0. The first-order chi connectivity index (χ1) is 37.9. The van der Waals surface area contributed by atoms with E-state index in [0.29, 0.717) is 0 Å². The first kappa shape index (κ1) is 53.3. The molecule has 2 heterocycles.